The van der Waals surface area contributed by atoms with E-state index < -0.39 is 27.8 Å². The van der Waals surface area contributed by atoms with Crippen LogP contribution in [0, 0.1) is 0 Å². The fourth-order valence-electron chi connectivity index (χ4n) is 3.44. The van der Waals surface area contributed by atoms with Crippen molar-refractivity contribution in [2.45, 2.75) is 43.9 Å². The standard InChI is InChI=1S/C23H26N2O7S/c1-2-3-4-8-13-32-20-15-18-17(22(28)25(23(18)29)12-11-21(26)27)14-19(20)24-33(30,31)16-9-6-5-7-10-16/h5-7,9-10,14-15,24H,2-4,8,11-13H2,1H3,(H,26,27). The Morgan fingerprint density at radius 1 is 1.03 bits per heavy atom. The first kappa shape index (κ1) is 24.2. The molecule has 10 heteroatoms. The number of nitrogens with zero attached hydrogens (tertiary/aromatic N) is 1. The van der Waals surface area contributed by atoms with E-state index in [9.17, 15) is 22.8 Å². The summed E-state index contributed by atoms with van der Waals surface area (Å²) in [5.74, 6) is -2.32. The van der Waals surface area contributed by atoms with Crippen molar-refractivity contribution in [2.75, 3.05) is 17.9 Å². The minimum Gasteiger partial charge on any atom is -0.491 e. The molecule has 0 unspecified atom stereocenters. The van der Waals surface area contributed by atoms with E-state index in [0.717, 1.165) is 30.6 Å². The second-order valence-electron chi connectivity index (χ2n) is 7.63. The molecule has 176 valence electrons. The number of anilines is 1. The number of nitrogens with one attached hydrogen (secondary N) is 1. The van der Waals surface area contributed by atoms with Crippen molar-refractivity contribution < 1.29 is 32.6 Å². The molecule has 0 saturated carbocycles. The Morgan fingerprint density at radius 2 is 1.70 bits per heavy atom. The molecule has 9 nitrogen and oxygen atoms in total. The van der Waals surface area contributed by atoms with Crippen molar-refractivity contribution in [1.29, 1.82) is 0 Å². The lowest BCUT2D eigenvalue weighted by Crippen LogP contribution is -2.31. The van der Waals surface area contributed by atoms with E-state index in [1.54, 1.807) is 18.2 Å². The molecule has 1 aliphatic rings. The van der Waals surface area contributed by atoms with Gasteiger partial charge in [0.05, 0.1) is 34.7 Å². The summed E-state index contributed by atoms with van der Waals surface area (Å²) < 4.78 is 34.0. The van der Waals surface area contributed by atoms with E-state index in [1.807, 2.05) is 0 Å². The summed E-state index contributed by atoms with van der Waals surface area (Å²) in [6, 6.07) is 10.4. The molecule has 1 aliphatic heterocycles. The molecule has 2 aromatic carbocycles. The van der Waals surface area contributed by atoms with E-state index >= 15 is 0 Å². The van der Waals surface area contributed by atoms with Gasteiger partial charge in [0.25, 0.3) is 21.8 Å². The van der Waals surface area contributed by atoms with Gasteiger partial charge in [0, 0.05) is 6.54 Å². The zero-order valence-corrected chi connectivity index (χ0v) is 19.1. The van der Waals surface area contributed by atoms with Gasteiger partial charge in [-0.05, 0) is 30.7 Å². The third-order valence-electron chi connectivity index (χ3n) is 5.17. The molecule has 1 heterocycles. The number of unbranched alkanes of at least 4 members (excludes halogenated alkanes) is 3. The van der Waals surface area contributed by atoms with Gasteiger partial charge >= 0.3 is 5.97 Å². The number of carboxylic acid groups (broad SMARTS) is 1. The number of rotatable bonds is 12. The Labute approximate surface area is 192 Å². The number of amides is 2. The number of carbonyl (C=O) groups is 3. The number of carbonyl (C=O) groups excluding carboxylic acids is 2. The SMILES string of the molecule is CCCCCCOc1cc2c(cc1NS(=O)(=O)c1ccccc1)C(=O)N(CCC(=O)O)C2=O. The summed E-state index contributed by atoms with van der Waals surface area (Å²) in [4.78, 5) is 37.2. The quantitative estimate of drug-likeness (QED) is 0.355. The minimum atomic E-state index is -3.98. The van der Waals surface area contributed by atoms with Crippen molar-refractivity contribution in [3.63, 3.8) is 0 Å². The summed E-state index contributed by atoms with van der Waals surface area (Å²) in [6.07, 6.45) is 3.37. The van der Waals surface area contributed by atoms with Gasteiger partial charge in [0.2, 0.25) is 0 Å². The third-order valence-corrected chi connectivity index (χ3v) is 6.55. The lowest BCUT2D eigenvalue weighted by atomic mass is 10.1. The van der Waals surface area contributed by atoms with Crippen LogP contribution in [0.1, 0.15) is 59.7 Å². The molecule has 0 atom stereocenters. The van der Waals surface area contributed by atoms with E-state index in [0.29, 0.717) is 6.61 Å². The van der Waals surface area contributed by atoms with Crippen LogP contribution in [0.4, 0.5) is 5.69 Å². The molecular formula is C23H26N2O7S. The number of imide groups is 1. The average Bonchev–Trinajstić information content (AvgIpc) is 3.01. The van der Waals surface area contributed by atoms with Crippen LogP contribution >= 0.6 is 0 Å². The van der Waals surface area contributed by atoms with Crippen LogP contribution < -0.4 is 9.46 Å². The molecule has 33 heavy (non-hydrogen) atoms. The number of hydrogen-bond acceptors (Lipinski definition) is 6. The normalized spacial score (nSPS) is 13.2. The van der Waals surface area contributed by atoms with Crippen LogP contribution in [0.15, 0.2) is 47.4 Å². The first-order valence-corrected chi connectivity index (χ1v) is 12.2. The summed E-state index contributed by atoms with van der Waals surface area (Å²) in [6.45, 7) is 2.11. The Hall–Kier alpha value is -3.40. The monoisotopic (exact) mass is 474 g/mol. The summed E-state index contributed by atoms with van der Waals surface area (Å²) in [7, 11) is -3.98. The average molecular weight is 475 g/mol. The molecule has 3 rings (SSSR count). The van der Waals surface area contributed by atoms with E-state index in [1.165, 1.54) is 24.3 Å². The predicted molar refractivity (Wildman–Crippen MR) is 121 cm³/mol. The fourth-order valence-corrected chi connectivity index (χ4v) is 4.52. The summed E-state index contributed by atoms with van der Waals surface area (Å²) in [5, 5.41) is 8.90. The Morgan fingerprint density at radius 3 is 2.33 bits per heavy atom. The number of sulfonamides is 1. The van der Waals surface area contributed by atoms with Crippen molar-refractivity contribution >= 4 is 33.5 Å². The molecule has 2 N–H and O–H groups in total. The predicted octanol–water partition coefficient (Wildman–Crippen LogP) is 3.52. The van der Waals surface area contributed by atoms with Crippen LogP contribution in [0.5, 0.6) is 5.75 Å². The molecule has 2 amide bonds. The number of fused-ring (bicyclic) bond motifs is 1. The molecule has 0 saturated heterocycles. The summed E-state index contributed by atoms with van der Waals surface area (Å²) in [5.41, 5.74) is 0.0837. The molecule has 0 spiro atoms. The van der Waals surface area contributed by atoms with E-state index in [4.69, 9.17) is 9.84 Å². The number of carboxylic acids is 1. The minimum absolute atomic E-state index is 0.00511. The van der Waals surface area contributed by atoms with Gasteiger partial charge in [-0.25, -0.2) is 8.42 Å². The van der Waals surface area contributed by atoms with Crippen LogP contribution in [0.3, 0.4) is 0 Å². The maximum Gasteiger partial charge on any atom is 0.305 e. The van der Waals surface area contributed by atoms with Crippen molar-refractivity contribution in [3.05, 3.63) is 53.6 Å². The van der Waals surface area contributed by atoms with Gasteiger partial charge in [-0.15, -0.1) is 0 Å². The van der Waals surface area contributed by atoms with Gasteiger partial charge in [-0.3, -0.25) is 24.0 Å². The molecule has 0 aliphatic carbocycles. The number of benzene rings is 2. The second-order valence-corrected chi connectivity index (χ2v) is 9.31. The van der Waals surface area contributed by atoms with Crippen LogP contribution in [0.25, 0.3) is 0 Å². The van der Waals surface area contributed by atoms with Gasteiger partial charge in [-0.2, -0.15) is 0 Å². The largest absolute Gasteiger partial charge is 0.491 e. The van der Waals surface area contributed by atoms with Gasteiger partial charge in [0.15, 0.2) is 0 Å². The highest BCUT2D eigenvalue weighted by molar-refractivity contribution is 7.92. The lowest BCUT2D eigenvalue weighted by Gasteiger charge is -2.15. The Kier molecular flexibility index (Phi) is 7.70. The fraction of sp³-hybridized carbons (Fsp3) is 0.348. The molecule has 0 fully saturated rings. The highest BCUT2D eigenvalue weighted by Crippen LogP contribution is 2.35. The van der Waals surface area contributed by atoms with Crippen molar-refractivity contribution in [2.24, 2.45) is 0 Å². The van der Waals surface area contributed by atoms with Crippen LogP contribution in [0.2, 0.25) is 0 Å². The maximum atomic E-state index is 12.9. The zero-order valence-electron chi connectivity index (χ0n) is 18.2. The van der Waals surface area contributed by atoms with Crippen molar-refractivity contribution in [3.8, 4) is 5.75 Å². The second kappa shape index (κ2) is 10.5. The van der Waals surface area contributed by atoms with Gasteiger partial charge in [-0.1, -0.05) is 44.4 Å². The third kappa shape index (κ3) is 5.70. The topological polar surface area (TPSA) is 130 Å². The highest BCUT2D eigenvalue weighted by Gasteiger charge is 2.37. The molecular weight excluding hydrogens is 448 g/mol. The molecule has 0 bridgehead atoms. The number of aliphatic carboxylic acids is 1. The summed E-state index contributed by atoms with van der Waals surface area (Å²) >= 11 is 0. The maximum absolute atomic E-state index is 12.9. The van der Waals surface area contributed by atoms with Crippen LogP contribution in [-0.2, 0) is 14.8 Å². The first-order valence-electron chi connectivity index (χ1n) is 10.7. The van der Waals surface area contributed by atoms with Gasteiger partial charge < -0.3 is 9.84 Å². The lowest BCUT2D eigenvalue weighted by molar-refractivity contribution is -0.137. The van der Waals surface area contributed by atoms with E-state index in [-0.39, 0.29) is 40.4 Å². The van der Waals surface area contributed by atoms with Crippen molar-refractivity contribution in [1.82, 2.24) is 4.90 Å². The molecule has 0 aromatic heterocycles. The Bertz CT molecular complexity index is 1150. The molecule has 2 aromatic rings. The van der Waals surface area contributed by atoms with Crippen LogP contribution in [-0.4, -0.2) is 49.4 Å². The highest BCUT2D eigenvalue weighted by atomic mass is 32.2. The molecule has 0 radical (unpaired) electrons. The number of hydrogen-bond donors (Lipinski definition) is 2. The smallest absolute Gasteiger partial charge is 0.305 e. The Balaban J connectivity index is 1.93. The van der Waals surface area contributed by atoms with Gasteiger partial charge in [0.1, 0.15) is 5.75 Å². The zero-order chi connectivity index (χ0) is 24.0. The van der Waals surface area contributed by atoms with E-state index in [2.05, 4.69) is 11.6 Å². The first-order chi connectivity index (χ1) is 15.7. The number of ether oxygens (including phenoxy) is 1.